The number of benzene rings is 2. The summed E-state index contributed by atoms with van der Waals surface area (Å²) in [5, 5.41) is 8.72. The number of carbonyl (C=O) groups is 1. The maximum absolute atomic E-state index is 11.4. The van der Waals surface area contributed by atoms with Crippen LogP contribution in [0.1, 0.15) is 29.5 Å². The number of nitrogens with one attached hydrogen (secondary N) is 1. The van der Waals surface area contributed by atoms with E-state index in [4.69, 9.17) is 24.2 Å². The molecule has 1 atom stereocenters. The third-order valence-electron chi connectivity index (χ3n) is 4.47. The molecule has 0 saturated carbocycles. The van der Waals surface area contributed by atoms with Gasteiger partial charge in [-0.15, -0.1) is 0 Å². The van der Waals surface area contributed by atoms with Crippen molar-refractivity contribution in [2.24, 2.45) is 0 Å². The molecule has 0 aliphatic carbocycles. The molecule has 0 heterocycles. The minimum Gasteiger partial charge on any atom is -0.497 e. The van der Waals surface area contributed by atoms with Crippen LogP contribution in [-0.2, 0) is 4.79 Å². The van der Waals surface area contributed by atoms with Crippen LogP contribution in [0, 0.1) is 0 Å². The monoisotopic (exact) mass is 387 g/mol. The molecule has 0 fully saturated rings. The normalized spacial score (nSPS) is 11.8. The molecule has 0 aliphatic rings. The van der Waals surface area contributed by atoms with E-state index in [2.05, 4.69) is 0 Å². The van der Waals surface area contributed by atoms with Crippen LogP contribution in [-0.4, -0.2) is 39.6 Å². The molecule has 28 heavy (non-hydrogen) atoms. The zero-order valence-corrected chi connectivity index (χ0v) is 16.6. The molecule has 150 valence electrons. The van der Waals surface area contributed by atoms with Gasteiger partial charge in [-0.05, 0) is 47.0 Å². The second-order valence-electron chi connectivity index (χ2n) is 5.98. The van der Waals surface area contributed by atoms with Gasteiger partial charge in [0.05, 0.1) is 28.4 Å². The van der Waals surface area contributed by atoms with Gasteiger partial charge in [0.1, 0.15) is 5.75 Å². The summed E-state index contributed by atoms with van der Waals surface area (Å²) in [4.78, 5) is 11.4. The highest BCUT2D eigenvalue weighted by Gasteiger charge is 2.19. The van der Waals surface area contributed by atoms with Crippen LogP contribution in [0.5, 0.6) is 23.0 Å². The maximum Gasteiger partial charge on any atom is 0.267 e. The third kappa shape index (κ3) is 4.55. The molecule has 2 rings (SSSR count). The number of rotatable bonds is 8. The summed E-state index contributed by atoms with van der Waals surface area (Å²) in [5.74, 6) is 1.63. The van der Waals surface area contributed by atoms with Crippen molar-refractivity contribution in [3.63, 3.8) is 0 Å². The van der Waals surface area contributed by atoms with Gasteiger partial charge < -0.3 is 18.9 Å². The lowest BCUT2D eigenvalue weighted by Gasteiger charge is -2.20. The Kier molecular flexibility index (Phi) is 7.28. The Morgan fingerprint density at radius 1 is 1.00 bits per heavy atom. The van der Waals surface area contributed by atoms with Crippen molar-refractivity contribution < 1.29 is 28.9 Å². The summed E-state index contributed by atoms with van der Waals surface area (Å²) in [6.45, 7) is 2.03. The van der Waals surface area contributed by atoms with E-state index in [-0.39, 0.29) is 5.92 Å². The summed E-state index contributed by atoms with van der Waals surface area (Å²) in [6, 6.07) is 9.40. The van der Waals surface area contributed by atoms with E-state index in [9.17, 15) is 4.79 Å². The van der Waals surface area contributed by atoms with Gasteiger partial charge >= 0.3 is 0 Å². The van der Waals surface area contributed by atoms with E-state index in [1.54, 1.807) is 40.0 Å². The van der Waals surface area contributed by atoms with Crippen molar-refractivity contribution in [3.8, 4) is 23.0 Å². The van der Waals surface area contributed by atoms with Crippen molar-refractivity contribution in [3.05, 3.63) is 53.1 Å². The highest BCUT2D eigenvalue weighted by molar-refractivity contribution is 5.91. The van der Waals surface area contributed by atoms with E-state index < -0.39 is 5.91 Å². The molecular weight excluding hydrogens is 362 g/mol. The molecule has 1 amide bonds. The zero-order chi connectivity index (χ0) is 20.7. The molecule has 7 nitrogen and oxygen atoms in total. The average Bonchev–Trinajstić information content (AvgIpc) is 2.75. The molecule has 0 saturated heterocycles. The highest BCUT2D eigenvalue weighted by Crippen LogP contribution is 2.42. The van der Waals surface area contributed by atoms with Crippen molar-refractivity contribution in [2.45, 2.75) is 12.8 Å². The van der Waals surface area contributed by atoms with Crippen LogP contribution < -0.4 is 24.4 Å². The Balaban J connectivity index is 2.55. The molecule has 0 spiro atoms. The van der Waals surface area contributed by atoms with Gasteiger partial charge in [0.25, 0.3) is 5.91 Å². The molecule has 0 aliphatic heterocycles. The van der Waals surface area contributed by atoms with E-state index in [0.29, 0.717) is 23.0 Å². The summed E-state index contributed by atoms with van der Waals surface area (Å²) >= 11 is 0. The smallest absolute Gasteiger partial charge is 0.267 e. The zero-order valence-electron chi connectivity index (χ0n) is 16.6. The number of carbonyl (C=O) groups excluding carboxylic acids is 1. The fraction of sp³-hybridized carbons (Fsp3) is 0.286. The van der Waals surface area contributed by atoms with Crippen LogP contribution in [0.2, 0.25) is 0 Å². The highest BCUT2D eigenvalue weighted by atomic mass is 16.5. The minimum atomic E-state index is -0.616. The van der Waals surface area contributed by atoms with Crippen LogP contribution in [0.25, 0.3) is 6.08 Å². The lowest BCUT2D eigenvalue weighted by atomic mass is 9.89. The summed E-state index contributed by atoms with van der Waals surface area (Å²) < 4.78 is 21.6. The first kappa shape index (κ1) is 21.1. The molecule has 2 aromatic rings. The minimum absolute atomic E-state index is 0.0588. The second kappa shape index (κ2) is 9.66. The number of methoxy groups -OCH3 is 4. The first-order valence-electron chi connectivity index (χ1n) is 8.59. The van der Waals surface area contributed by atoms with Gasteiger partial charge in [0.15, 0.2) is 11.5 Å². The number of hydrogen-bond donors (Lipinski definition) is 2. The first-order valence-corrected chi connectivity index (χ1v) is 8.59. The van der Waals surface area contributed by atoms with Gasteiger partial charge in [-0.25, -0.2) is 5.48 Å². The summed E-state index contributed by atoms with van der Waals surface area (Å²) in [5.41, 5.74) is 4.27. The van der Waals surface area contributed by atoms with Gasteiger partial charge in [-0.2, -0.15) is 0 Å². The molecule has 2 N–H and O–H groups in total. The fourth-order valence-electron chi connectivity index (χ4n) is 2.95. The Bertz CT molecular complexity index is 837. The molecule has 0 bridgehead atoms. The largest absolute Gasteiger partial charge is 0.497 e. The third-order valence-corrected chi connectivity index (χ3v) is 4.47. The number of hydrogen-bond acceptors (Lipinski definition) is 6. The summed E-state index contributed by atoms with van der Waals surface area (Å²) in [7, 11) is 6.27. The van der Waals surface area contributed by atoms with E-state index in [0.717, 1.165) is 16.7 Å². The van der Waals surface area contributed by atoms with Gasteiger partial charge in [-0.1, -0.05) is 13.0 Å². The molecule has 7 heteroatoms. The van der Waals surface area contributed by atoms with Crippen LogP contribution >= 0.6 is 0 Å². The number of amides is 1. The van der Waals surface area contributed by atoms with Gasteiger partial charge in [0.2, 0.25) is 5.75 Å². The van der Waals surface area contributed by atoms with E-state index >= 15 is 0 Å². The average molecular weight is 387 g/mol. The molecule has 0 radical (unpaired) electrons. The van der Waals surface area contributed by atoms with Crippen molar-refractivity contribution in [1.29, 1.82) is 0 Å². The first-order chi connectivity index (χ1) is 13.5. The van der Waals surface area contributed by atoms with Crippen molar-refractivity contribution in [1.82, 2.24) is 5.48 Å². The van der Waals surface area contributed by atoms with Crippen molar-refractivity contribution >= 4 is 12.0 Å². The van der Waals surface area contributed by atoms with E-state index in [1.807, 2.05) is 37.3 Å². The second-order valence-corrected chi connectivity index (χ2v) is 5.98. The quantitative estimate of drug-likeness (QED) is 0.410. The standard InChI is InChI=1S/C21H25NO6/c1-13(15-11-18(26-3)21(28-5)19(12-15)27-4)17-8-7-16(25-2)10-14(17)6-9-20(23)22-24/h6-13,24H,1-5H3,(H,22,23)/b9-6+. The van der Waals surface area contributed by atoms with Gasteiger partial charge in [0, 0.05) is 12.0 Å². The van der Waals surface area contributed by atoms with Crippen LogP contribution in [0.3, 0.4) is 0 Å². The topological polar surface area (TPSA) is 86.2 Å². The Morgan fingerprint density at radius 3 is 2.14 bits per heavy atom. The van der Waals surface area contributed by atoms with Gasteiger partial charge in [-0.3, -0.25) is 10.0 Å². The Hall–Kier alpha value is -3.19. The molecular formula is C21H25NO6. The SMILES string of the molecule is COc1ccc(C(C)c2cc(OC)c(OC)c(OC)c2)c(/C=C/C(=O)NO)c1. The Morgan fingerprint density at radius 2 is 1.64 bits per heavy atom. The lowest BCUT2D eigenvalue weighted by molar-refractivity contribution is -0.124. The lowest BCUT2D eigenvalue weighted by Crippen LogP contribution is -2.14. The predicted octanol–water partition coefficient (Wildman–Crippen LogP) is 3.39. The Labute approximate surface area is 164 Å². The molecule has 2 aromatic carbocycles. The fourth-order valence-corrected chi connectivity index (χ4v) is 2.95. The summed E-state index contributed by atoms with van der Waals surface area (Å²) in [6.07, 6.45) is 2.87. The molecule has 1 unspecified atom stereocenters. The van der Waals surface area contributed by atoms with Crippen molar-refractivity contribution in [2.75, 3.05) is 28.4 Å². The predicted molar refractivity (Wildman–Crippen MR) is 106 cm³/mol. The number of ether oxygens (including phenoxy) is 4. The number of hydroxylamine groups is 1. The van der Waals surface area contributed by atoms with E-state index in [1.165, 1.54) is 6.08 Å². The maximum atomic E-state index is 11.4. The molecule has 0 aromatic heterocycles. The van der Waals surface area contributed by atoms with Crippen LogP contribution in [0.4, 0.5) is 0 Å². The van der Waals surface area contributed by atoms with Crippen LogP contribution in [0.15, 0.2) is 36.4 Å².